The molecule has 0 bridgehead atoms. The molecule has 1 fully saturated rings. The molecule has 0 aromatic rings. The Bertz CT molecular complexity index is 275. The smallest absolute Gasteiger partial charge is 0.303 e. The Morgan fingerprint density at radius 2 is 2.00 bits per heavy atom. The van der Waals surface area contributed by atoms with E-state index in [-0.39, 0.29) is 18.2 Å². The van der Waals surface area contributed by atoms with E-state index in [9.17, 15) is 9.59 Å². The maximum atomic E-state index is 11.9. The fourth-order valence-electron chi connectivity index (χ4n) is 2.09. The summed E-state index contributed by atoms with van der Waals surface area (Å²) in [6, 6.07) is 0. The first-order chi connectivity index (χ1) is 8.02. The average molecular weight is 259 g/mol. The minimum absolute atomic E-state index is 0.209. The van der Waals surface area contributed by atoms with Crippen molar-refractivity contribution in [2.45, 2.75) is 37.9 Å². The van der Waals surface area contributed by atoms with E-state index in [2.05, 4.69) is 6.92 Å². The van der Waals surface area contributed by atoms with Gasteiger partial charge in [-0.15, -0.1) is 0 Å². The van der Waals surface area contributed by atoms with Crippen molar-refractivity contribution in [1.82, 2.24) is 4.90 Å². The maximum absolute atomic E-state index is 11.9. The van der Waals surface area contributed by atoms with E-state index in [0.717, 1.165) is 25.9 Å². The predicted octanol–water partition coefficient (Wildman–Crippen LogP) is 1.84. The highest BCUT2D eigenvalue weighted by Crippen LogP contribution is 2.22. The second-order valence-corrected chi connectivity index (χ2v) is 5.95. The van der Waals surface area contributed by atoms with Crippen LogP contribution < -0.4 is 0 Å². The van der Waals surface area contributed by atoms with Gasteiger partial charge in [-0.25, -0.2) is 0 Å². The third-order valence-corrected chi connectivity index (χ3v) is 4.27. The second-order valence-electron chi connectivity index (χ2n) is 4.67. The summed E-state index contributed by atoms with van der Waals surface area (Å²) < 4.78 is 0. The van der Waals surface area contributed by atoms with Crippen LogP contribution in [0.25, 0.3) is 0 Å². The fourth-order valence-corrected chi connectivity index (χ4v) is 2.40. The highest BCUT2D eigenvalue weighted by Gasteiger charge is 2.24. The SMILES string of the molecule is CSC(C)CC(=O)N1CCC(CC(=O)O)CC1. The van der Waals surface area contributed by atoms with Crippen molar-refractivity contribution >= 4 is 23.6 Å². The molecule has 0 spiro atoms. The highest BCUT2D eigenvalue weighted by molar-refractivity contribution is 7.99. The van der Waals surface area contributed by atoms with Crippen LogP contribution in [0, 0.1) is 5.92 Å². The van der Waals surface area contributed by atoms with Crippen molar-refractivity contribution in [1.29, 1.82) is 0 Å². The average Bonchev–Trinajstić information content (AvgIpc) is 2.28. The Morgan fingerprint density at radius 1 is 1.41 bits per heavy atom. The number of carbonyl (C=O) groups is 2. The Morgan fingerprint density at radius 3 is 2.47 bits per heavy atom. The van der Waals surface area contributed by atoms with Gasteiger partial charge in [-0.1, -0.05) is 6.92 Å². The molecule has 1 aliphatic heterocycles. The lowest BCUT2D eigenvalue weighted by molar-refractivity contribution is -0.138. The quantitative estimate of drug-likeness (QED) is 0.818. The number of carbonyl (C=O) groups excluding carboxylic acids is 1. The molecule has 1 unspecified atom stereocenters. The Balaban J connectivity index is 2.31. The van der Waals surface area contributed by atoms with E-state index in [4.69, 9.17) is 5.11 Å². The van der Waals surface area contributed by atoms with Gasteiger partial charge >= 0.3 is 5.97 Å². The van der Waals surface area contributed by atoms with Gasteiger partial charge in [-0.3, -0.25) is 9.59 Å². The van der Waals surface area contributed by atoms with Gasteiger partial charge in [-0.05, 0) is 25.0 Å². The van der Waals surface area contributed by atoms with Gasteiger partial charge in [0.25, 0.3) is 0 Å². The van der Waals surface area contributed by atoms with Gasteiger partial charge < -0.3 is 10.0 Å². The van der Waals surface area contributed by atoms with Crippen molar-refractivity contribution < 1.29 is 14.7 Å². The predicted molar refractivity (Wildman–Crippen MR) is 69.2 cm³/mol. The molecule has 1 amide bonds. The van der Waals surface area contributed by atoms with E-state index < -0.39 is 5.97 Å². The van der Waals surface area contributed by atoms with Gasteiger partial charge in [0, 0.05) is 31.2 Å². The van der Waals surface area contributed by atoms with E-state index in [0.29, 0.717) is 11.7 Å². The number of amides is 1. The third kappa shape index (κ3) is 4.98. The zero-order valence-electron chi connectivity index (χ0n) is 10.5. The normalized spacial score (nSPS) is 19.1. The van der Waals surface area contributed by atoms with Gasteiger partial charge in [0.1, 0.15) is 0 Å². The molecule has 4 nitrogen and oxygen atoms in total. The molecule has 0 aromatic heterocycles. The second kappa shape index (κ2) is 6.89. The lowest BCUT2D eigenvalue weighted by Gasteiger charge is -2.32. The summed E-state index contributed by atoms with van der Waals surface area (Å²) in [4.78, 5) is 24.4. The van der Waals surface area contributed by atoms with Crippen LogP contribution in [0.4, 0.5) is 0 Å². The number of piperidine rings is 1. The molecule has 0 saturated carbocycles. The van der Waals surface area contributed by atoms with Crippen molar-refractivity contribution in [3.8, 4) is 0 Å². The number of aliphatic carboxylic acids is 1. The number of rotatable bonds is 5. The molecule has 1 heterocycles. The Labute approximate surface area is 107 Å². The number of hydrogen-bond acceptors (Lipinski definition) is 3. The lowest BCUT2D eigenvalue weighted by Crippen LogP contribution is -2.39. The standard InChI is InChI=1S/C12H21NO3S/c1-9(17-2)7-11(14)13-5-3-10(4-6-13)8-12(15)16/h9-10H,3-8H2,1-2H3,(H,15,16). The summed E-state index contributed by atoms with van der Waals surface area (Å²) >= 11 is 1.70. The maximum Gasteiger partial charge on any atom is 0.303 e. The van der Waals surface area contributed by atoms with E-state index >= 15 is 0 Å². The van der Waals surface area contributed by atoms with Crippen LogP contribution in [0.5, 0.6) is 0 Å². The molecule has 0 radical (unpaired) electrons. The van der Waals surface area contributed by atoms with Crippen LogP contribution in [0.15, 0.2) is 0 Å². The third-order valence-electron chi connectivity index (χ3n) is 3.29. The van der Waals surface area contributed by atoms with Crippen LogP contribution in [-0.2, 0) is 9.59 Å². The van der Waals surface area contributed by atoms with Crippen LogP contribution in [0.2, 0.25) is 0 Å². The summed E-state index contributed by atoms with van der Waals surface area (Å²) in [6.45, 7) is 3.50. The van der Waals surface area contributed by atoms with Crippen LogP contribution in [-0.4, -0.2) is 46.5 Å². The molecular weight excluding hydrogens is 238 g/mol. The van der Waals surface area contributed by atoms with E-state index in [1.807, 2.05) is 11.2 Å². The highest BCUT2D eigenvalue weighted by atomic mass is 32.2. The minimum atomic E-state index is -0.731. The number of carboxylic acids is 1. The minimum Gasteiger partial charge on any atom is -0.481 e. The monoisotopic (exact) mass is 259 g/mol. The molecular formula is C12H21NO3S. The molecule has 1 atom stereocenters. The molecule has 0 aromatic carbocycles. The van der Waals surface area contributed by atoms with E-state index in [1.54, 1.807) is 11.8 Å². The van der Waals surface area contributed by atoms with Crippen LogP contribution >= 0.6 is 11.8 Å². The summed E-state index contributed by atoms with van der Waals surface area (Å²) in [5.41, 5.74) is 0. The number of carboxylic acid groups (broad SMARTS) is 1. The zero-order chi connectivity index (χ0) is 12.8. The molecule has 5 heteroatoms. The molecule has 1 aliphatic rings. The molecule has 1 rings (SSSR count). The number of thioether (sulfide) groups is 1. The summed E-state index contributed by atoms with van der Waals surface area (Å²) in [6.07, 6.45) is 4.49. The summed E-state index contributed by atoms with van der Waals surface area (Å²) in [7, 11) is 0. The first kappa shape index (κ1) is 14.4. The lowest BCUT2D eigenvalue weighted by atomic mass is 9.93. The van der Waals surface area contributed by atoms with Gasteiger partial charge in [0.15, 0.2) is 0 Å². The molecule has 1 N–H and O–H groups in total. The Hall–Kier alpha value is -0.710. The summed E-state index contributed by atoms with van der Waals surface area (Å²) in [5.74, 6) is -0.277. The van der Waals surface area contributed by atoms with Crippen LogP contribution in [0.1, 0.15) is 32.6 Å². The molecule has 1 saturated heterocycles. The van der Waals surface area contributed by atoms with Gasteiger partial charge in [0.05, 0.1) is 0 Å². The molecule has 0 aliphatic carbocycles. The van der Waals surface area contributed by atoms with Gasteiger partial charge in [0.2, 0.25) is 5.91 Å². The van der Waals surface area contributed by atoms with Crippen LogP contribution in [0.3, 0.4) is 0 Å². The molecule has 17 heavy (non-hydrogen) atoms. The Kier molecular flexibility index (Phi) is 5.82. The molecule has 98 valence electrons. The van der Waals surface area contributed by atoms with Crippen molar-refractivity contribution in [3.05, 3.63) is 0 Å². The largest absolute Gasteiger partial charge is 0.481 e. The van der Waals surface area contributed by atoms with Crippen molar-refractivity contribution in [3.63, 3.8) is 0 Å². The number of nitrogens with zero attached hydrogens (tertiary/aromatic N) is 1. The number of likely N-dealkylation sites (tertiary alicyclic amines) is 1. The van der Waals surface area contributed by atoms with E-state index in [1.165, 1.54) is 0 Å². The first-order valence-corrected chi connectivity index (χ1v) is 7.34. The van der Waals surface area contributed by atoms with Crippen molar-refractivity contribution in [2.75, 3.05) is 19.3 Å². The number of hydrogen-bond donors (Lipinski definition) is 1. The summed E-state index contributed by atoms with van der Waals surface area (Å²) in [5, 5.41) is 9.07. The zero-order valence-corrected chi connectivity index (χ0v) is 11.3. The van der Waals surface area contributed by atoms with Gasteiger partial charge in [-0.2, -0.15) is 11.8 Å². The van der Waals surface area contributed by atoms with Crippen molar-refractivity contribution in [2.24, 2.45) is 5.92 Å². The first-order valence-electron chi connectivity index (χ1n) is 6.05. The fraction of sp³-hybridized carbons (Fsp3) is 0.833. The topological polar surface area (TPSA) is 57.6 Å².